The summed E-state index contributed by atoms with van der Waals surface area (Å²) in [4.78, 5) is 11.0. The van der Waals surface area contributed by atoms with Gasteiger partial charge in [0, 0.05) is 6.54 Å². The third kappa shape index (κ3) is 2.50. The van der Waals surface area contributed by atoms with Crippen LogP contribution in [0.1, 0.15) is 5.56 Å². The Morgan fingerprint density at radius 3 is 3.00 bits per heavy atom. The summed E-state index contributed by atoms with van der Waals surface area (Å²) in [5.74, 6) is 1.52. The molecule has 0 atom stereocenters. The number of fused-ring (bicyclic) bond motifs is 1. The number of ether oxygens (including phenoxy) is 2. The van der Waals surface area contributed by atoms with E-state index in [1.165, 1.54) is 0 Å². The van der Waals surface area contributed by atoms with Gasteiger partial charge in [-0.2, -0.15) is 0 Å². The van der Waals surface area contributed by atoms with E-state index in [2.05, 4.69) is 5.32 Å². The predicted octanol–water partition coefficient (Wildman–Crippen LogP) is 0.0327. The van der Waals surface area contributed by atoms with Gasteiger partial charge in [0.1, 0.15) is 0 Å². The number of Topliss-reactive ketones (excluding diaryl/α,β-unsaturated/α-hetero) is 1. The number of hydrogen-bond acceptors (Lipinski definition) is 5. The first kappa shape index (κ1) is 10.9. The lowest BCUT2D eigenvalue weighted by Crippen LogP contribution is -2.27. The van der Waals surface area contributed by atoms with Crippen molar-refractivity contribution in [3.8, 4) is 11.5 Å². The van der Waals surface area contributed by atoms with Gasteiger partial charge >= 0.3 is 0 Å². The van der Waals surface area contributed by atoms with Crippen LogP contribution in [0.25, 0.3) is 0 Å². The highest BCUT2D eigenvalue weighted by atomic mass is 16.7. The molecule has 0 bridgehead atoms. The van der Waals surface area contributed by atoms with Gasteiger partial charge in [-0.1, -0.05) is 6.07 Å². The fourth-order valence-electron chi connectivity index (χ4n) is 1.47. The Morgan fingerprint density at radius 2 is 2.19 bits per heavy atom. The average Bonchev–Trinajstić information content (AvgIpc) is 2.76. The van der Waals surface area contributed by atoms with Crippen LogP contribution in [0.15, 0.2) is 18.2 Å². The Hall–Kier alpha value is -1.59. The molecule has 1 aromatic carbocycles. The minimum atomic E-state index is 0.000688. The molecule has 0 spiro atoms. The molecule has 0 radical (unpaired) electrons. The van der Waals surface area contributed by atoms with Gasteiger partial charge in [0.05, 0.1) is 13.1 Å². The molecule has 0 saturated heterocycles. The Balaban J connectivity index is 1.88. The van der Waals surface area contributed by atoms with Gasteiger partial charge in [-0.15, -0.1) is 0 Å². The topological polar surface area (TPSA) is 73.6 Å². The van der Waals surface area contributed by atoms with Crippen LogP contribution in [0.2, 0.25) is 0 Å². The number of rotatable bonds is 5. The fraction of sp³-hybridized carbons (Fsp3) is 0.364. The van der Waals surface area contributed by atoms with E-state index in [-0.39, 0.29) is 19.1 Å². The summed E-state index contributed by atoms with van der Waals surface area (Å²) < 4.78 is 10.5. The minimum absolute atomic E-state index is 0.000688. The van der Waals surface area contributed by atoms with E-state index in [1.807, 2.05) is 18.2 Å². The minimum Gasteiger partial charge on any atom is -0.454 e. The third-order valence-corrected chi connectivity index (χ3v) is 2.32. The largest absolute Gasteiger partial charge is 0.454 e. The molecular formula is C11H14N2O3. The van der Waals surface area contributed by atoms with Crippen molar-refractivity contribution in [3.63, 3.8) is 0 Å². The van der Waals surface area contributed by atoms with E-state index in [0.717, 1.165) is 17.1 Å². The normalized spacial score (nSPS) is 12.8. The lowest BCUT2D eigenvalue weighted by Gasteiger charge is -2.04. The number of benzene rings is 1. The molecule has 0 amide bonds. The Labute approximate surface area is 93.5 Å². The van der Waals surface area contributed by atoms with Crippen molar-refractivity contribution in [2.75, 3.05) is 19.9 Å². The number of nitrogens with two attached hydrogens (primary N) is 1. The third-order valence-electron chi connectivity index (χ3n) is 2.32. The first-order chi connectivity index (χ1) is 7.79. The van der Waals surface area contributed by atoms with Gasteiger partial charge in [0.15, 0.2) is 17.3 Å². The first-order valence-corrected chi connectivity index (χ1v) is 5.10. The molecule has 1 aromatic rings. The van der Waals surface area contributed by atoms with E-state index in [9.17, 15) is 4.79 Å². The number of carbonyl (C=O) groups excluding carboxylic acids is 1. The molecule has 5 heteroatoms. The Kier molecular flexibility index (Phi) is 3.38. The maximum Gasteiger partial charge on any atom is 0.231 e. The van der Waals surface area contributed by atoms with E-state index < -0.39 is 0 Å². The molecule has 0 aliphatic carbocycles. The SMILES string of the molecule is NCC(=O)CNCc1ccc2c(c1)OCO2. The lowest BCUT2D eigenvalue weighted by atomic mass is 10.2. The number of hydrogen-bond donors (Lipinski definition) is 2. The van der Waals surface area contributed by atoms with Crippen molar-refractivity contribution >= 4 is 5.78 Å². The zero-order valence-corrected chi connectivity index (χ0v) is 8.86. The molecule has 5 nitrogen and oxygen atoms in total. The number of carbonyl (C=O) groups is 1. The van der Waals surface area contributed by atoms with Crippen LogP contribution in [0.5, 0.6) is 11.5 Å². The van der Waals surface area contributed by atoms with Crippen LogP contribution in [-0.4, -0.2) is 25.7 Å². The molecule has 86 valence electrons. The molecule has 2 rings (SSSR count). The summed E-state index contributed by atoms with van der Waals surface area (Å²) in [6, 6.07) is 5.71. The molecule has 1 aliphatic heterocycles. The molecular weight excluding hydrogens is 208 g/mol. The van der Waals surface area contributed by atoms with Gasteiger partial charge in [-0.25, -0.2) is 0 Å². The molecule has 16 heavy (non-hydrogen) atoms. The van der Waals surface area contributed by atoms with Crippen molar-refractivity contribution in [2.24, 2.45) is 5.73 Å². The molecule has 3 N–H and O–H groups in total. The lowest BCUT2D eigenvalue weighted by molar-refractivity contribution is -0.116. The molecule has 0 aromatic heterocycles. The average molecular weight is 222 g/mol. The molecule has 1 aliphatic rings. The smallest absolute Gasteiger partial charge is 0.231 e. The van der Waals surface area contributed by atoms with Crippen LogP contribution < -0.4 is 20.5 Å². The summed E-state index contributed by atoms with van der Waals surface area (Å²) in [6.45, 7) is 1.26. The second-order valence-electron chi connectivity index (χ2n) is 3.53. The predicted molar refractivity (Wildman–Crippen MR) is 58.3 cm³/mol. The van der Waals surface area contributed by atoms with Gasteiger partial charge in [0.25, 0.3) is 0 Å². The van der Waals surface area contributed by atoms with Crippen LogP contribution in [0.4, 0.5) is 0 Å². The molecule has 0 unspecified atom stereocenters. The van der Waals surface area contributed by atoms with Gasteiger partial charge < -0.3 is 20.5 Å². The van der Waals surface area contributed by atoms with E-state index in [4.69, 9.17) is 15.2 Å². The van der Waals surface area contributed by atoms with Crippen molar-refractivity contribution in [1.82, 2.24) is 5.32 Å². The molecule has 0 fully saturated rings. The molecule has 1 heterocycles. The van der Waals surface area contributed by atoms with Gasteiger partial charge in [0.2, 0.25) is 6.79 Å². The number of nitrogens with one attached hydrogen (secondary N) is 1. The second kappa shape index (κ2) is 4.96. The van der Waals surface area contributed by atoms with Crippen molar-refractivity contribution in [2.45, 2.75) is 6.54 Å². The first-order valence-electron chi connectivity index (χ1n) is 5.10. The summed E-state index contributed by atoms with van der Waals surface area (Å²) in [5.41, 5.74) is 6.25. The summed E-state index contributed by atoms with van der Waals surface area (Å²) in [6.07, 6.45) is 0. The van der Waals surface area contributed by atoms with Gasteiger partial charge in [-0.05, 0) is 17.7 Å². The maximum atomic E-state index is 11.0. The number of ketones is 1. The highest BCUT2D eigenvalue weighted by molar-refractivity contribution is 5.82. The fourth-order valence-corrected chi connectivity index (χ4v) is 1.47. The monoisotopic (exact) mass is 222 g/mol. The molecule has 0 saturated carbocycles. The van der Waals surface area contributed by atoms with Crippen LogP contribution in [-0.2, 0) is 11.3 Å². The summed E-state index contributed by atoms with van der Waals surface area (Å²) in [7, 11) is 0. The summed E-state index contributed by atoms with van der Waals surface area (Å²) >= 11 is 0. The zero-order valence-electron chi connectivity index (χ0n) is 8.86. The van der Waals surface area contributed by atoms with Crippen molar-refractivity contribution in [3.05, 3.63) is 23.8 Å². The zero-order chi connectivity index (χ0) is 11.4. The maximum absolute atomic E-state index is 11.0. The van der Waals surface area contributed by atoms with Crippen molar-refractivity contribution in [1.29, 1.82) is 0 Å². The highest BCUT2D eigenvalue weighted by Gasteiger charge is 2.12. The quantitative estimate of drug-likeness (QED) is 0.735. The Morgan fingerprint density at radius 1 is 1.38 bits per heavy atom. The van der Waals surface area contributed by atoms with Gasteiger partial charge in [-0.3, -0.25) is 4.79 Å². The van der Waals surface area contributed by atoms with E-state index in [1.54, 1.807) is 0 Å². The van der Waals surface area contributed by atoms with Crippen molar-refractivity contribution < 1.29 is 14.3 Å². The highest BCUT2D eigenvalue weighted by Crippen LogP contribution is 2.32. The van der Waals surface area contributed by atoms with E-state index >= 15 is 0 Å². The van der Waals surface area contributed by atoms with Crippen LogP contribution >= 0.6 is 0 Å². The van der Waals surface area contributed by atoms with E-state index in [0.29, 0.717) is 13.1 Å². The summed E-state index contributed by atoms with van der Waals surface area (Å²) in [5, 5.41) is 3.02. The van der Waals surface area contributed by atoms with Crippen LogP contribution in [0, 0.1) is 0 Å². The standard InChI is InChI=1S/C11H14N2O3/c12-4-9(14)6-13-5-8-1-2-10-11(3-8)16-7-15-10/h1-3,13H,4-7,12H2. The Bertz CT molecular complexity index is 393. The van der Waals surface area contributed by atoms with Crippen LogP contribution in [0.3, 0.4) is 0 Å². The second-order valence-corrected chi connectivity index (χ2v) is 3.53.